The van der Waals surface area contributed by atoms with Gasteiger partial charge in [-0.3, -0.25) is 9.59 Å². The Bertz CT molecular complexity index is 212. The van der Waals surface area contributed by atoms with E-state index < -0.39 is 10.3 Å². The van der Waals surface area contributed by atoms with Crippen LogP contribution in [0.5, 0.6) is 0 Å². The van der Waals surface area contributed by atoms with Gasteiger partial charge < -0.3 is 0 Å². The highest BCUT2D eigenvalue weighted by molar-refractivity contribution is 6.56. The van der Waals surface area contributed by atoms with E-state index in [0.29, 0.717) is 6.42 Å². The van der Waals surface area contributed by atoms with E-state index in [-0.39, 0.29) is 11.6 Å². The van der Waals surface area contributed by atoms with Crippen LogP contribution in [-0.4, -0.2) is 16.4 Å². The van der Waals surface area contributed by atoms with Crippen molar-refractivity contribution in [2.45, 2.75) is 32.1 Å². The molecule has 0 saturated heterocycles. The highest BCUT2D eigenvalue weighted by Gasteiger charge is 2.65. The Morgan fingerprint density at radius 2 is 1.64 bits per heavy atom. The van der Waals surface area contributed by atoms with Crippen molar-refractivity contribution in [1.29, 1.82) is 0 Å². The smallest absolute Gasteiger partial charge is 0.174 e. The van der Waals surface area contributed by atoms with Crippen molar-refractivity contribution in [3.8, 4) is 0 Å². The largest absolute Gasteiger partial charge is 0.296 e. The van der Waals surface area contributed by atoms with Crippen LogP contribution in [0.15, 0.2) is 0 Å². The third-order valence-corrected chi connectivity index (χ3v) is 2.95. The van der Waals surface area contributed by atoms with Crippen LogP contribution in [0.4, 0.5) is 0 Å². The molecular weight excluding hydrogens is 164 g/mol. The van der Waals surface area contributed by atoms with Gasteiger partial charge in [0.1, 0.15) is 0 Å². The zero-order valence-corrected chi connectivity index (χ0v) is 7.66. The van der Waals surface area contributed by atoms with Crippen LogP contribution in [-0.2, 0) is 9.59 Å². The van der Waals surface area contributed by atoms with Crippen molar-refractivity contribution in [3.63, 3.8) is 0 Å². The second kappa shape index (κ2) is 2.07. The van der Waals surface area contributed by atoms with Gasteiger partial charge in [0.05, 0.1) is 5.41 Å². The zero-order valence-electron chi connectivity index (χ0n) is 6.90. The minimum atomic E-state index is -1.19. The number of rotatable bonds is 1. The first-order valence-corrected chi connectivity index (χ1v) is 4.04. The molecular formula is C8H11ClO2. The molecule has 0 N–H and O–H groups in total. The van der Waals surface area contributed by atoms with Gasteiger partial charge in [-0.1, -0.05) is 6.92 Å². The van der Waals surface area contributed by atoms with Crippen LogP contribution in [0.1, 0.15) is 27.2 Å². The van der Waals surface area contributed by atoms with Gasteiger partial charge in [-0.15, -0.1) is 11.6 Å². The van der Waals surface area contributed by atoms with Crippen molar-refractivity contribution >= 4 is 23.2 Å². The quantitative estimate of drug-likeness (QED) is 0.447. The number of carbonyl (C=O) groups is 2. The van der Waals surface area contributed by atoms with Crippen molar-refractivity contribution in [3.05, 3.63) is 0 Å². The van der Waals surface area contributed by atoms with Gasteiger partial charge in [0.15, 0.2) is 16.4 Å². The first-order valence-electron chi connectivity index (χ1n) is 3.66. The molecule has 3 heteroatoms. The molecule has 62 valence electrons. The predicted molar refractivity (Wildman–Crippen MR) is 42.7 cm³/mol. The first-order chi connectivity index (χ1) is 4.87. The molecule has 0 spiro atoms. The Morgan fingerprint density at radius 1 is 1.27 bits per heavy atom. The Hall–Kier alpha value is -0.370. The number of ketones is 2. The van der Waals surface area contributed by atoms with Crippen LogP contribution >= 0.6 is 11.6 Å². The second-order valence-electron chi connectivity index (χ2n) is 3.44. The van der Waals surface area contributed by atoms with Crippen LogP contribution in [0.25, 0.3) is 0 Å². The van der Waals surface area contributed by atoms with Crippen LogP contribution in [0, 0.1) is 5.41 Å². The summed E-state index contributed by atoms with van der Waals surface area (Å²) in [5.74, 6) is -0.279. The molecule has 0 aromatic rings. The lowest BCUT2D eigenvalue weighted by atomic mass is 9.60. The Labute approximate surface area is 70.9 Å². The second-order valence-corrected chi connectivity index (χ2v) is 4.08. The molecule has 1 aliphatic carbocycles. The fraction of sp³-hybridized carbons (Fsp3) is 0.750. The summed E-state index contributed by atoms with van der Waals surface area (Å²) in [7, 11) is 0. The van der Waals surface area contributed by atoms with E-state index in [1.807, 2.05) is 0 Å². The maximum atomic E-state index is 11.3. The summed E-state index contributed by atoms with van der Waals surface area (Å²) in [6, 6.07) is 0. The summed E-state index contributed by atoms with van der Waals surface area (Å²) in [4.78, 5) is 21.4. The Morgan fingerprint density at radius 3 is 1.82 bits per heavy atom. The summed E-state index contributed by atoms with van der Waals surface area (Å²) in [5, 5.41) is 0. The molecule has 0 aliphatic heterocycles. The summed E-state index contributed by atoms with van der Waals surface area (Å²) in [5.41, 5.74) is -0.836. The fourth-order valence-corrected chi connectivity index (χ4v) is 1.93. The third-order valence-electron chi connectivity index (χ3n) is 2.34. The third kappa shape index (κ3) is 0.791. The number of Topliss-reactive ketones (excluding diaryl/α,β-unsaturated/α-hetero) is 2. The number of carbonyl (C=O) groups excluding carboxylic acids is 2. The van der Waals surface area contributed by atoms with Crippen molar-refractivity contribution in [2.75, 3.05) is 0 Å². The lowest BCUT2D eigenvalue weighted by Gasteiger charge is -2.44. The molecule has 0 amide bonds. The molecule has 0 aromatic heterocycles. The molecule has 1 fully saturated rings. The molecule has 0 atom stereocenters. The standard InChI is InChI=1S/C8H11ClO2/c1-4-8(9)5(10)7(2,3)6(8)11/h4H2,1-3H3. The van der Waals surface area contributed by atoms with Crippen molar-refractivity contribution < 1.29 is 9.59 Å². The van der Waals surface area contributed by atoms with Gasteiger partial charge in [-0.2, -0.15) is 0 Å². The molecule has 0 unspecified atom stereocenters. The fourth-order valence-electron chi connectivity index (χ4n) is 1.46. The van der Waals surface area contributed by atoms with E-state index in [1.54, 1.807) is 20.8 Å². The Balaban J connectivity index is 2.98. The van der Waals surface area contributed by atoms with Crippen LogP contribution < -0.4 is 0 Å². The van der Waals surface area contributed by atoms with Gasteiger partial charge >= 0.3 is 0 Å². The van der Waals surface area contributed by atoms with Gasteiger partial charge in [0.25, 0.3) is 0 Å². The van der Waals surface area contributed by atoms with Crippen LogP contribution in [0.2, 0.25) is 0 Å². The van der Waals surface area contributed by atoms with E-state index in [2.05, 4.69) is 0 Å². The maximum absolute atomic E-state index is 11.3. The average Bonchev–Trinajstić information content (AvgIpc) is 2.00. The minimum absolute atomic E-state index is 0.140. The van der Waals surface area contributed by atoms with E-state index in [4.69, 9.17) is 11.6 Å². The number of alkyl halides is 1. The highest BCUT2D eigenvalue weighted by atomic mass is 35.5. The van der Waals surface area contributed by atoms with Gasteiger partial charge in [-0.25, -0.2) is 0 Å². The summed E-state index contributed by atoms with van der Waals surface area (Å²) >= 11 is 5.78. The summed E-state index contributed by atoms with van der Waals surface area (Å²) in [6.07, 6.45) is 0.398. The van der Waals surface area contributed by atoms with Gasteiger partial charge in [0, 0.05) is 0 Å². The molecule has 2 nitrogen and oxygen atoms in total. The van der Waals surface area contributed by atoms with Crippen molar-refractivity contribution in [1.82, 2.24) is 0 Å². The van der Waals surface area contributed by atoms with Crippen LogP contribution in [0.3, 0.4) is 0 Å². The van der Waals surface area contributed by atoms with Crippen molar-refractivity contribution in [2.24, 2.45) is 5.41 Å². The molecule has 1 saturated carbocycles. The van der Waals surface area contributed by atoms with E-state index in [0.717, 1.165) is 0 Å². The number of halogens is 1. The molecule has 11 heavy (non-hydrogen) atoms. The molecule has 1 aliphatic rings. The monoisotopic (exact) mass is 174 g/mol. The number of hydrogen-bond acceptors (Lipinski definition) is 2. The lowest BCUT2D eigenvalue weighted by molar-refractivity contribution is -0.155. The normalized spacial score (nSPS) is 26.5. The van der Waals surface area contributed by atoms with E-state index >= 15 is 0 Å². The molecule has 0 bridgehead atoms. The molecule has 0 radical (unpaired) electrons. The minimum Gasteiger partial charge on any atom is -0.296 e. The topological polar surface area (TPSA) is 34.1 Å². The molecule has 0 aromatic carbocycles. The number of hydrogen-bond donors (Lipinski definition) is 0. The maximum Gasteiger partial charge on any atom is 0.174 e. The summed E-state index contributed by atoms with van der Waals surface area (Å²) < 4.78 is 0. The van der Waals surface area contributed by atoms with E-state index in [9.17, 15) is 9.59 Å². The molecule has 1 rings (SSSR count). The Kier molecular flexibility index (Phi) is 1.64. The van der Waals surface area contributed by atoms with Gasteiger partial charge in [0.2, 0.25) is 0 Å². The molecule has 0 heterocycles. The first kappa shape index (κ1) is 8.72. The van der Waals surface area contributed by atoms with Gasteiger partial charge in [-0.05, 0) is 20.3 Å². The average molecular weight is 175 g/mol. The zero-order chi connectivity index (χ0) is 8.86. The highest BCUT2D eigenvalue weighted by Crippen LogP contribution is 2.46. The van der Waals surface area contributed by atoms with E-state index in [1.165, 1.54) is 0 Å². The summed E-state index contributed by atoms with van der Waals surface area (Å²) in [6.45, 7) is 4.99. The predicted octanol–water partition coefficient (Wildman–Crippen LogP) is 1.55. The lowest BCUT2D eigenvalue weighted by Crippen LogP contribution is -2.65. The SMILES string of the molecule is CCC1(Cl)C(=O)C(C)(C)C1=O.